The number of fused-ring (bicyclic) bond motifs is 1. The van der Waals surface area contributed by atoms with E-state index >= 15 is 0 Å². The zero-order valence-electron chi connectivity index (χ0n) is 23.3. The highest BCUT2D eigenvalue weighted by Crippen LogP contribution is 2.32. The number of carbonyl (C=O) groups is 1. The molecule has 0 bridgehead atoms. The molecule has 4 nitrogen and oxygen atoms in total. The number of halogens is 1. The van der Waals surface area contributed by atoms with Crippen molar-refractivity contribution in [1.29, 1.82) is 0 Å². The van der Waals surface area contributed by atoms with Gasteiger partial charge in [0, 0.05) is 20.5 Å². The Morgan fingerprint density at radius 2 is 1.84 bits per heavy atom. The van der Waals surface area contributed by atoms with Crippen molar-refractivity contribution in [2.45, 2.75) is 76.9 Å². The van der Waals surface area contributed by atoms with Gasteiger partial charge >= 0.3 is 6.09 Å². The first-order chi connectivity index (χ1) is 18.2. The molecule has 3 aromatic rings. The third kappa shape index (κ3) is 7.67. The fourth-order valence-corrected chi connectivity index (χ4v) is 5.91. The van der Waals surface area contributed by atoms with Crippen molar-refractivity contribution in [1.82, 2.24) is 4.90 Å². The van der Waals surface area contributed by atoms with Crippen LogP contribution in [0.25, 0.3) is 10.8 Å². The van der Waals surface area contributed by atoms with Gasteiger partial charge in [-0.1, -0.05) is 75.5 Å². The molecule has 0 spiro atoms. The minimum Gasteiger partial charge on any atom is -0.450 e. The van der Waals surface area contributed by atoms with Gasteiger partial charge in [0.05, 0.1) is 25.9 Å². The van der Waals surface area contributed by atoms with Gasteiger partial charge in [0.1, 0.15) is 5.82 Å². The number of amides is 1. The molecule has 204 valence electrons. The molecule has 1 amide bonds. The van der Waals surface area contributed by atoms with E-state index in [1.165, 1.54) is 28.5 Å². The minimum absolute atomic E-state index is 0.0849. The number of likely N-dealkylation sites (tertiary alicyclic amines) is 1. The van der Waals surface area contributed by atoms with Crippen LogP contribution >= 0.6 is 0 Å². The van der Waals surface area contributed by atoms with Crippen LogP contribution in [-0.4, -0.2) is 44.9 Å². The predicted molar refractivity (Wildman–Crippen MR) is 156 cm³/mol. The molecule has 0 radical (unpaired) electrons. The lowest BCUT2D eigenvalue weighted by atomic mass is 9.87. The number of benzene rings is 3. The summed E-state index contributed by atoms with van der Waals surface area (Å²) in [5, 5.41) is 2.53. The van der Waals surface area contributed by atoms with E-state index < -0.39 is 8.07 Å². The summed E-state index contributed by atoms with van der Waals surface area (Å²) in [4.78, 5) is 14.7. The predicted octanol–water partition coefficient (Wildman–Crippen LogP) is 8.17. The highest BCUT2D eigenvalue weighted by Gasteiger charge is 2.34. The van der Waals surface area contributed by atoms with E-state index in [4.69, 9.17) is 9.47 Å². The number of rotatable bonds is 10. The summed E-state index contributed by atoms with van der Waals surface area (Å²) in [5.74, 6) is -0.160. The molecule has 1 aliphatic heterocycles. The molecule has 1 fully saturated rings. The van der Waals surface area contributed by atoms with Gasteiger partial charge in [-0.2, -0.15) is 0 Å². The van der Waals surface area contributed by atoms with Crippen LogP contribution in [0.15, 0.2) is 60.7 Å². The van der Waals surface area contributed by atoms with Crippen LogP contribution in [0.1, 0.15) is 48.8 Å². The van der Waals surface area contributed by atoms with Crippen molar-refractivity contribution in [3.8, 4) is 0 Å². The Labute approximate surface area is 228 Å². The number of unbranched alkanes of at least 4 members (excludes halogenated alkanes) is 1. The lowest BCUT2D eigenvalue weighted by Crippen LogP contribution is -2.47. The quantitative estimate of drug-likeness (QED) is 0.246. The van der Waals surface area contributed by atoms with Crippen LogP contribution < -0.4 is 0 Å². The monoisotopic (exact) mass is 535 g/mol. The van der Waals surface area contributed by atoms with Crippen molar-refractivity contribution in [2.24, 2.45) is 0 Å². The number of aryl methyl sites for hydroxylation is 1. The van der Waals surface area contributed by atoms with E-state index in [1.54, 1.807) is 4.90 Å². The second kappa shape index (κ2) is 12.9. The molecule has 2 unspecified atom stereocenters. The summed E-state index contributed by atoms with van der Waals surface area (Å²) in [6.45, 7) is 11.0. The van der Waals surface area contributed by atoms with Crippen LogP contribution in [0.4, 0.5) is 9.18 Å². The highest BCUT2D eigenvalue weighted by molar-refractivity contribution is 6.76. The van der Waals surface area contributed by atoms with Gasteiger partial charge in [-0.25, -0.2) is 9.18 Å². The Kier molecular flexibility index (Phi) is 9.61. The van der Waals surface area contributed by atoms with Gasteiger partial charge in [-0.3, -0.25) is 0 Å². The topological polar surface area (TPSA) is 38.8 Å². The van der Waals surface area contributed by atoms with Crippen molar-refractivity contribution < 1.29 is 18.7 Å². The van der Waals surface area contributed by atoms with Crippen LogP contribution in [0, 0.1) is 5.82 Å². The van der Waals surface area contributed by atoms with Crippen molar-refractivity contribution in [2.75, 3.05) is 19.7 Å². The zero-order valence-corrected chi connectivity index (χ0v) is 24.3. The molecule has 4 rings (SSSR count). The van der Waals surface area contributed by atoms with Crippen LogP contribution in [0.3, 0.4) is 0 Å². The molecule has 0 N–H and O–H groups in total. The van der Waals surface area contributed by atoms with Crippen LogP contribution in [-0.2, 0) is 22.5 Å². The summed E-state index contributed by atoms with van der Waals surface area (Å²) in [6.07, 6.45) is 3.63. The Balaban J connectivity index is 1.51. The Bertz CT molecular complexity index is 1210. The van der Waals surface area contributed by atoms with Gasteiger partial charge in [-0.05, 0) is 71.0 Å². The number of nitrogens with zero attached hydrogens (tertiary/aromatic N) is 1. The number of carbonyl (C=O) groups excluding carboxylic acids is 1. The molecule has 0 aliphatic carbocycles. The second-order valence-electron chi connectivity index (χ2n) is 11.7. The van der Waals surface area contributed by atoms with Gasteiger partial charge in [0.15, 0.2) is 0 Å². The highest BCUT2D eigenvalue weighted by atomic mass is 28.3. The molecule has 38 heavy (non-hydrogen) atoms. The molecule has 0 saturated carbocycles. The molecule has 3 aromatic carbocycles. The average molecular weight is 536 g/mol. The summed E-state index contributed by atoms with van der Waals surface area (Å²) >= 11 is 0. The van der Waals surface area contributed by atoms with Crippen molar-refractivity contribution in [3.05, 3.63) is 83.2 Å². The maximum Gasteiger partial charge on any atom is 0.409 e. The smallest absolute Gasteiger partial charge is 0.409 e. The summed E-state index contributed by atoms with van der Waals surface area (Å²) in [6, 6.07) is 20.7. The average Bonchev–Trinajstić information content (AvgIpc) is 2.90. The molecule has 1 saturated heterocycles. The van der Waals surface area contributed by atoms with E-state index in [9.17, 15) is 9.18 Å². The number of hydrogen-bond acceptors (Lipinski definition) is 3. The lowest BCUT2D eigenvalue weighted by molar-refractivity contribution is -0.0234. The zero-order chi connectivity index (χ0) is 27.1. The van der Waals surface area contributed by atoms with E-state index in [-0.39, 0.29) is 23.9 Å². The SMILES string of the molecule is CCCCc1cc(COC2CN(C(=O)OCC[Si](C)(C)C)CCC2c2ccc(F)cc2)cc2ccccc12. The molecule has 1 heterocycles. The molecule has 0 aromatic heterocycles. The van der Waals surface area contributed by atoms with Crippen molar-refractivity contribution in [3.63, 3.8) is 0 Å². The molecular formula is C32H42FNO3Si. The van der Waals surface area contributed by atoms with E-state index in [2.05, 4.69) is 63.0 Å². The molecular weight excluding hydrogens is 493 g/mol. The Hall–Kier alpha value is -2.70. The molecule has 2 atom stereocenters. The molecule has 1 aliphatic rings. The van der Waals surface area contributed by atoms with Crippen LogP contribution in [0.5, 0.6) is 0 Å². The lowest BCUT2D eigenvalue weighted by Gasteiger charge is -2.38. The van der Waals surface area contributed by atoms with Gasteiger partial charge < -0.3 is 14.4 Å². The third-order valence-electron chi connectivity index (χ3n) is 7.46. The maximum atomic E-state index is 13.6. The maximum absolute atomic E-state index is 13.6. The van der Waals surface area contributed by atoms with Gasteiger partial charge in [0.2, 0.25) is 0 Å². The standard InChI is InChI=1S/C32H42FNO3Si/c1-5-6-9-26-20-24(21-27-10-7-8-11-29(26)27)23-37-31-22-34(32(35)36-18-19-38(2,3)4)17-16-30(31)25-12-14-28(33)15-13-25/h7-8,10-15,20-21,30-31H,5-6,9,16-19,22-23H2,1-4H3. The van der Waals surface area contributed by atoms with E-state index in [0.717, 1.165) is 42.9 Å². The molecule has 6 heteroatoms. The summed E-state index contributed by atoms with van der Waals surface area (Å²) in [7, 11) is -1.28. The van der Waals surface area contributed by atoms with E-state index in [1.807, 2.05) is 12.1 Å². The second-order valence-corrected chi connectivity index (χ2v) is 17.4. The fraction of sp³-hybridized carbons (Fsp3) is 0.469. The summed E-state index contributed by atoms with van der Waals surface area (Å²) in [5.41, 5.74) is 3.54. The Morgan fingerprint density at radius 3 is 2.58 bits per heavy atom. The number of piperidine rings is 1. The third-order valence-corrected chi connectivity index (χ3v) is 9.17. The van der Waals surface area contributed by atoms with E-state index in [0.29, 0.717) is 26.3 Å². The fourth-order valence-electron chi connectivity index (χ4n) is 5.20. The first-order valence-electron chi connectivity index (χ1n) is 14.0. The van der Waals surface area contributed by atoms with Crippen LogP contribution in [0.2, 0.25) is 25.7 Å². The number of ether oxygens (including phenoxy) is 2. The number of hydrogen-bond donors (Lipinski definition) is 0. The van der Waals surface area contributed by atoms with Gasteiger partial charge in [-0.15, -0.1) is 0 Å². The first kappa shape index (κ1) is 28.3. The minimum atomic E-state index is -1.28. The Morgan fingerprint density at radius 1 is 1.08 bits per heavy atom. The summed E-state index contributed by atoms with van der Waals surface area (Å²) < 4.78 is 25.9. The van der Waals surface area contributed by atoms with Gasteiger partial charge in [0.25, 0.3) is 0 Å². The first-order valence-corrected chi connectivity index (χ1v) is 17.7. The largest absolute Gasteiger partial charge is 0.450 e. The normalized spacial score (nSPS) is 18.1. The van der Waals surface area contributed by atoms with Crippen molar-refractivity contribution >= 4 is 24.9 Å².